The van der Waals surface area contributed by atoms with Crippen molar-refractivity contribution in [3.8, 4) is 0 Å². The van der Waals surface area contributed by atoms with Gasteiger partial charge in [0.2, 0.25) is 0 Å². The van der Waals surface area contributed by atoms with Crippen molar-refractivity contribution in [2.75, 3.05) is 5.32 Å². The van der Waals surface area contributed by atoms with Crippen molar-refractivity contribution in [3.05, 3.63) is 76.4 Å². The molecule has 0 amide bonds. The number of halogens is 1. The van der Waals surface area contributed by atoms with Crippen LogP contribution in [0.1, 0.15) is 15.9 Å². The van der Waals surface area contributed by atoms with Gasteiger partial charge in [0.1, 0.15) is 0 Å². The third-order valence-corrected chi connectivity index (χ3v) is 3.14. The highest BCUT2D eigenvalue weighted by Gasteiger charge is 2.00. The summed E-state index contributed by atoms with van der Waals surface area (Å²) in [7, 11) is 0. The average Bonchev–Trinajstić information content (AvgIpc) is 2.39. The van der Waals surface area contributed by atoms with E-state index in [1.165, 1.54) is 6.08 Å². The van der Waals surface area contributed by atoms with E-state index < -0.39 is 0 Å². The lowest BCUT2D eigenvalue weighted by molar-refractivity contribution is 0.104. The molecule has 0 fully saturated rings. The Morgan fingerprint density at radius 3 is 2.58 bits per heavy atom. The number of carbonyl (C=O) groups excluding carboxylic acids is 1. The van der Waals surface area contributed by atoms with Gasteiger partial charge in [-0.25, -0.2) is 0 Å². The second kappa shape index (κ2) is 6.34. The number of allylic oxidation sites excluding steroid dienone is 1. The number of anilines is 1. The summed E-state index contributed by atoms with van der Waals surface area (Å²) < 4.78 is 0.996. The first kappa shape index (κ1) is 13.6. The minimum Gasteiger partial charge on any atom is -0.362 e. The van der Waals surface area contributed by atoms with E-state index in [0.717, 1.165) is 15.7 Å². The number of rotatable bonds is 4. The Kier molecular flexibility index (Phi) is 4.53. The molecule has 19 heavy (non-hydrogen) atoms. The predicted molar refractivity (Wildman–Crippen MR) is 82.4 cm³/mol. The van der Waals surface area contributed by atoms with Gasteiger partial charge in [0, 0.05) is 28.0 Å². The molecule has 0 aliphatic rings. The molecule has 0 aliphatic heterocycles. The summed E-state index contributed by atoms with van der Waals surface area (Å²) >= 11 is 3.40. The zero-order valence-electron chi connectivity index (χ0n) is 10.6. The second-order valence-corrected chi connectivity index (χ2v) is 5.13. The fourth-order valence-corrected chi connectivity index (χ4v) is 2.01. The van der Waals surface area contributed by atoms with E-state index in [2.05, 4.69) is 21.2 Å². The largest absolute Gasteiger partial charge is 0.362 e. The SMILES string of the molecule is Cc1ccc(C(=O)/C=C/Nc2cccc(Br)c2)cc1. The van der Waals surface area contributed by atoms with E-state index in [0.29, 0.717) is 5.56 Å². The van der Waals surface area contributed by atoms with Crippen molar-refractivity contribution in [2.24, 2.45) is 0 Å². The van der Waals surface area contributed by atoms with Gasteiger partial charge in [-0.05, 0) is 25.1 Å². The molecule has 1 N–H and O–H groups in total. The number of benzene rings is 2. The van der Waals surface area contributed by atoms with Gasteiger partial charge in [-0.2, -0.15) is 0 Å². The third kappa shape index (κ3) is 4.07. The maximum atomic E-state index is 11.9. The Bertz CT molecular complexity index is 602. The topological polar surface area (TPSA) is 29.1 Å². The molecule has 0 radical (unpaired) electrons. The fourth-order valence-electron chi connectivity index (χ4n) is 1.61. The van der Waals surface area contributed by atoms with E-state index in [-0.39, 0.29) is 5.78 Å². The van der Waals surface area contributed by atoms with Crippen LogP contribution in [0.4, 0.5) is 5.69 Å². The predicted octanol–water partition coefficient (Wildman–Crippen LogP) is 4.57. The molecule has 3 heteroatoms. The third-order valence-electron chi connectivity index (χ3n) is 2.65. The molecule has 0 atom stereocenters. The molecule has 0 spiro atoms. The first-order valence-corrected chi connectivity index (χ1v) is 6.74. The molecule has 2 rings (SSSR count). The molecule has 2 aromatic carbocycles. The van der Waals surface area contributed by atoms with Crippen molar-refractivity contribution in [1.82, 2.24) is 0 Å². The highest BCUT2D eigenvalue weighted by Crippen LogP contribution is 2.15. The fraction of sp³-hybridized carbons (Fsp3) is 0.0625. The Balaban J connectivity index is 1.99. The van der Waals surface area contributed by atoms with Gasteiger partial charge < -0.3 is 5.32 Å². The van der Waals surface area contributed by atoms with Crippen LogP contribution in [-0.4, -0.2) is 5.78 Å². The maximum Gasteiger partial charge on any atom is 0.187 e. The molecular weight excluding hydrogens is 302 g/mol. The van der Waals surface area contributed by atoms with Gasteiger partial charge in [-0.1, -0.05) is 51.8 Å². The zero-order valence-corrected chi connectivity index (χ0v) is 12.1. The molecule has 96 valence electrons. The summed E-state index contributed by atoms with van der Waals surface area (Å²) in [6.45, 7) is 2.00. The van der Waals surface area contributed by atoms with Gasteiger partial charge >= 0.3 is 0 Å². The monoisotopic (exact) mass is 315 g/mol. The normalized spacial score (nSPS) is 10.6. The Morgan fingerprint density at radius 2 is 1.89 bits per heavy atom. The van der Waals surface area contributed by atoms with Gasteiger partial charge in [-0.15, -0.1) is 0 Å². The standard InChI is InChI=1S/C16H14BrNO/c1-12-5-7-13(8-6-12)16(19)9-10-18-15-4-2-3-14(17)11-15/h2-11,18H,1H3/b10-9+. The van der Waals surface area contributed by atoms with E-state index in [9.17, 15) is 4.79 Å². The summed E-state index contributed by atoms with van der Waals surface area (Å²) in [6, 6.07) is 15.3. The van der Waals surface area contributed by atoms with E-state index in [1.54, 1.807) is 6.20 Å². The van der Waals surface area contributed by atoms with Gasteiger partial charge in [0.05, 0.1) is 0 Å². The number of carbonyl (C=O) groups is 1. The Hall–Kier alpha value is -1.87. The summed E-state index contributed by atoms with van der Waals surface area (Å²) in [5, 5.41) is 3.07. The summed E-state index contributed by atoms with van der Waals surface area (Å²) in [4.78, 5) is 11.9. The van der Waals surface area contributed by atoms with Crippen LogP contribution in [-0.2, 0) is 0 Å². The van der Waals surface area contributed by atoms with E-state index in [4.69, 9.17) is 0 Å². The second-order valence-electron chi connectivity index (χ2n) is 4.22. The molecule has 2 aromatic rings. The molecule has 0 saturated heterocycles. The molecule has 0 heterocycles. The van der Waals surface area contributed by atoms with Crippen LogP contribution in [0.25, 0.3) is 0 Å². The zero-order chi connectivity index (χ0) is 13.7. The van der Waals surface area contributed by atoms with Crippen LogP contribution in [0.15, 0.2) is 65.3 Å². The quantitative estimate of drug-likeness (QED) is 0.661. The van der Waals surface area contributed by atoms with Gasteiger partial charge in [-0.3, -0.25) is 4.79 Å². The lowest BCUT2D eigenvalue weighted by Gasteiger charge is -2.01. The Morgan fingerprint density at radius 1 is 1.16 bits per heavy atom. The summed E-state index contributed by atoms with van der Waals surface area (Å²) in [6.07, 6.45) is 3.19. The highest BCUT2D eigenvalue weighted by molar-refractivity contribution is 9.10. The molecule has 0 unspecified atom stereocenters. The van der Waals surface area contributed by atoms with E-state index in [1.807, 2.05) is 55.5 Å². The van der Waals surface area contributed by atoms with Crippen molar-refractivity contribution >= 4 is 27.4 Å². The lowest BCUT2D eigenvalue weighted by atomic mass is 10.1. The first-order valence-electron chi connectivity index (χ1n) is 5.95. The van der Waals surface area contributed by atoms with Crippen LogP contribution < -0.4 is 5.32 Å². The molecule has 0 bridgehead atoms. The van der Waals surface area contributed by atoms with Crippen LogP contribution >= 0.6 is 15.9 Å². The number of hydrogen-bond acceptors (Lipinski definition) is 2. The summed E-state index contributed by atoms with van der Waals surface area (Å²) in [5.74, 6) is -0.0116. The number of ketones is 1. The molecular formula is C16H14BrNO. The molecule has 0 aromatic heterocycles. The van der Waals surface area contributed by atoms with Crippen molar-refractivity contribution < 1.29 is 4.79 Å². The van der Waals surface area contributed by atoms with Crippen LogP contribution in [0.3, 0.4) is 0 Å². The van der Waals surface area contributed by atoms with Crippen LogP contribution in [0.2, 0.25) is 0 Å². The molecule has 0 saturated carbocycles. The lowest BCUT2D eigenvalue weighted by Crippen LogP contribution is -1.96. The highest BCUT2D eigenvalue weighted by atomic mass is 79.9. The summed E-state index contributed by atoms with van der Waals surface area (Å²) in [5.41, 5.74) is 2.77. The Labute approximate surface area is 121 Å². The van der Waals surface area contributed by atoms with Gasteiger partial charge in [0.25, 0.3) is 0 Å². The number of hydrogen-bond donors (Lipinski definition) is 1. The van der Waals surface area contributed by atoms with Gasteiger partial charge in [0.15, 0.2) is 5.78 Å². The minimum atomic E-state index is -0.0116. The number of aryl methyl sites for hydroxylation is 1. The van der Waals surface area contributed by atoms with Crippen molar-refractivity contribution in [1.29, 1.82) is 0 Å². The smallest absolute Gasteiger partial charge is 0.187 e. The average molecular weight is 316 g/mol. The van der Waals surface area contributed by atoms with Crippen molar-refractivity contribution in [2.45, 2.75) is 6.92 Å². The first-order chi connectivity index (χ1) is 9.15. The molecule has 0 aliphatic carbocycles. The van der Waals surface area contributed by atoms with Crippen molar-refractivity contribution in [3.63, 3.8) is 0 Å². The van der Waals surface area contributed by atoms with Crippen LogP contribution in [0.5, 0.6) is 0 Å². The number of nitrogens with one attached hydrogen (secondary N) is 1. The minimum absolute atomic E-state index is 0.0116. The van der Waals surface area contributed by atoms with Crippen LogP contribution in [0, 0.1) is 6.92 Å². The molecule has 2 nitrogen and oxygen atoms in total. The maximum absolute atomic E-state index is 11.9. The van der Waals surface area contributed by atoms with E-state index >= 15 is 0 Å².